The van der Waals surface area contributed by atoms with Crippen molar-refractivity contribution in [3.63, 3.8) is 0 Å². The molecule has 0 bridgehead atoms. The molecule has 1 saturated heterocycles. The molecular formula is C22H25F2N7O. The molecule has 0 radical (unpaired) electrons. The van der Waals surface area contributed by atoms with Gasteiger partial charge in [0.25, 0.3) is 0 Å². The average Bonchev–Trinajstić information content (AvgIpc) is 3.32. The highest BCUT2D eigenvalue weighted by molar-refractivity contribution is 5.88. The van der Waals surface area contributed by atoms with Crippen LogP contribution in [0.25, 0.3) is 5.82 Å². The maximum Gasteiger partial charge on any atom is 0.320 e. The number of hydrogen-bond acceptors (Lipinski definition) is 5. The molecule has 0 saturated carbocycles. The number of rotatable bonds is 6. The van der Waals surface area contributed by atoms with E-state index in [-0.39, 0.29) is 11.7 Å². The van der Waals surface area contributed by atoms with Gasteiger partial charge < -0.3 is 10.2 Å². The molecule has 2 N–H and O–H groups in total. The molecule has 10 heteroatoms. The molecule has 3 aromatic rings. The number of nitrogens with one attached hydrogen (secondary N) is 2. The number of piperidine rings is 1. The number of carbonyl (C=O) groups excluding carboxylic acids is 1. The molecule has 1 aliphatic heterocycles. The molecule has 0 atom stereocenters. The fraction of sp³-hybridized carbons (Fsp3) is 0.364. The van der Waals surface area contributed by atoms with Crippen LogP contribution in [0.5, 0.6) is 0 Å². The van der Waals surface area contributed by atoms with Gasteiger partial charge in [0.2, 0.25) is 5.95 Å². The number of urea groups is 1. The lowest BCUT2D eigenvalue weighted by molar-refractivity contribution is 0.252. The number of halogens is 2. The summed E-state index contributed by atoms with van der Waals surface area (Å²) in [6, 6.07) is 6.37. The zero-order valence-corrected chi connectivity index (χ0v) is 17.8. The Morgan fingerprint density at radius 2 is 2.00 bits per heavy atom. The third-order valence-electron chi connectivity index (χ3n) is 5.56. The van der Waals surface area contributed by atoms with Crippen LogP contribution in [0.15, 0.2) is 42.9 Å². The summed E-state index contributed by atoms with van der Waals surface area (Å²) in [6.07, 6.45) is 6.94. The third-order valence-corrected chi connectivity index (χ3v) is 5.56. The van der Waals surface area contributed by atoms with Crippen LogP contribution in [0.2, 0.25) is 0 Å². The number of amides is 2. The molecule has 1 fully saturated rings. The second-order valence-corrected chi connectivity index (χ2v) is 7.68. The summed E-state index contributed by atoms with van der Waals surface area (Å²) < 4.78 is 30.9. The molecule has 0 aromatic carbocycles. The fourth-order valence-electron chi connectivity index (χ4n) is 3.91. The minimum absolute atomic E-state index is 0.0729. The quantitative estimate of drug-likeness (QED) is 0.572. The van der Waals surface area contributed by atoms with Crippen molar-refractivity contribution >= 4 is 17.5 Å². The van der Waals surface area contributed by atoms with Crippen molar-refractivity contribution in [2.45, 2.75) is 26.2 Å². The van der Waals surface area contributed by atoms with Gasteiger partial charge in [-0.15, -0.1) is 0 Å². The van der Waals surface area contributed by atoms with E-state index in [0.29, 0.717) is 43.1 Å². The maximum absolute atomic E-state index is 14.8. The van der Waals surface area contributed by atoms with Crippen LogP contribution >= 0.6 is 0 Å². The number of carbonyl (C=O) groups is 1. The lowest BCUT2D eigenvalue weighted by Gasteiger charge is -2.33. The Bertz CT molecular complexity index is 1070. The topological polar surface area (TPSA) is 88.0 Å². The van der Waals surface area contributed by atoms with Crippen molar-refractivity contribution in [2.75, 3.05) is 29.9 Å². The normalized spacial score (nSPS) is 14.4. The first kappa shape index (κ1) is 21.7. The SMILES string of the molecule is CCNC(=O)Nc1nccc(CC2CCN(c3ccc(-n4cccn4)nc3F)CC2)c1F. The van der Waals surface area contributed by atoms with E-state index >= 15 is 0 Å². The van der Waals surface area contributed by atoms with Gasteiger partial charge in [-0.3, -0.25) is 5.32 Å². The first-order valence-corrected chi connectivity index (χ1v) is 10.6. The van der Waals surface area contributed by atoms with Gasteiger partial charge in [-0.25, -0.2) is 18.9 Å². The van der Waals surface area contributed by atoms with Gasteiger partial charge in [0, 0.05) is 38.2 Å². The van der Waals surface area contributed by atoms with Crippen LogP contribution in [0.1, 0.15) is 25.3 Å². The molecule has 4 rings (SSSR count). The molecule has 0 unspecified atom stereocenters. The van der Waals surface area contributed by atoms with E-state index in [1.54, 1.807) is 43.6 Å². The Balaban J connectivity index is 1.37. The summed E-state index contributed by atoms with van der Waals surface area (Å²) in [7, 11) is 0. The Morgan fingerprint density at radius 1 is 1.19 bits per heavy atom. The maximum atomic E-state index is 14.8. The van der Waals surface area contributed by atoms with E-state index in [2.05, 4.69) is 25.7 Å². The van der Waals surface area contributed by atoms with Crippen molar-refractivity contribution in [3.8, 4) is 5.82 Å². The minimum Gasteiger partial charge on any atom is -0.368 e. The van der Waals surface area contributed by atoms with Crippen LogP contribution in [0.4, 0.5) is 25.1 Å². The first-order chi connectivity index (χ1) is 15.5. The Labute approximate surface area is 184 Å². The van der Waals surface area contributed by atoms with Crippen LogP contribution in [0, 0.1) is 17.7 Å². The summed E-state index contributed by atoms with van der Waals surface area (Å²) in [5.74, 6) is -0.434. The molecule has 8 nitrogen and oxygen atoms in total. The van der Waals surface area contributed by atoms with E-state index in [1.807, 2.05) is 4.90 Å². The number of hydrogen-bond donors (Lipinski definition) is 2. The van der Waals surface area contributed by atoms with Crippen LogP contribution in [-0.4, -0.2) is 45.4 Å². The first-order valence-electron chi connectivity index (χ1n) is 10.6. The largest absolute Gasteiger partial charge is 0.368 e. The Hall–Kier alpha value is -3.56. The van der Waals surface area contributed by atoms with Crippen molar-refractivity contribution in [2.24, 2.45) is 5.92 Å². The van der Waals surface area contributed by atoms with Gasteiger partial charge in [0.15, 0.2) is 17.5 Å². The van der Waals surface area contributed by atoms with Crippen molar-refractivity contribution < 1.29 is 13.6 Å². The highest BCUT2D eigenvalue weighted by Gasteiger charge is 2.24. The van der Waals surface area contributed by atoms with Crippen molar-refractivity contribution in [3.05, 3.63) is 60.2 Å². The van der Waals surface area contributed by atoms with E-state index in [0.717, 1.165) is 12.8 Å². The molecule has 4 heterocycles. The van der Waals surface area contributed by atoms with Gasteiger partial charge in [-0.05, 0) is 61.9 Å². The zero-order valence-electron chi connectivity index (χ0n) is 17.8. The molecular weight excluding hydrogens is 416 g/mol. The van der Waals surface area contributed by atoms with E-state index in [9.17, 15) is 13.6 Å². The number of nitrogens with zero attached hydrogens (tertiary/aromatic N) is 5. The minimum atomic E-state index is -0.530. The van der Waals surface area contributed by atoms with Crippen molar-refractivity contribution in [1.29, 1.82) is 0 Å². The van der Waals surface area contributed by atoms with Gasteiger partial charge >= 0.3 is 6.03 Å². The number of anilines is 2. The van der Waals surface area contributed by atoms with Gasteiger partial charge in [-0.1, -0.05) is 0 Å². The summed E-state index contributed by atoms with van der Waals surface area (Å²) >= 11 is 0. The van der Waals surface area contributed by atoms with E-state index < -0.39 is 17.8 Å². The molecule has 0 spiro atoms. The standard InChI is InChI=1S/C22H25F2N7O/c1-2-25-22(32)29-21-19(23)16(6-10-26-21)14-15-7-12-30(13-8-15)17-4-5-18(28-20(17)24)31-11-3-9-27-31/h3-6,9-11,15H,2,7-8,12-14H2,1H3,(H2,25,26,29,32). The van der Waals surface area contributed by atoms with Crippen LogP contribution < -0.4 is 15.5 Å². The van der Waals surface area contributed by atoms with Crippen molar-refractivity contribution in [1.82, 2.24) is 25.1 Å². The smallest absolute Gasteiger partial charge is 0.320 e. The zero-order chi connectivity index (χ0) is 22.5. The van der Waals surface area contributed by atoms with E-state index in [4.69, 9.17) is 0 Å². The molecule has 2 amide bonds. The second kappa shape index (κ2) is 9.71. The summed E-state index contributed by atoms with van der Waals surface area (Å²) in [4.78, 5) is 21.6. The molecule has 1 aliphatic rings. The molecule has 168 valence electrons. The predicted octanol–water partition coefficient (Wildman–Crippen LogP) is 3.54. The summed E-state index contributed by atoms with van der Waals surface area (Å²) in [5.41, 5.74) is 0.976. The Kier molecular flexibility index (Phi) is 6.58. The predicted molar refractivity (Wildman–Crippen MR) is 117 cm³/mol. The third kappa shape index (κ3) is 4.84. The lowest BCUT2D eigenvalue weighted by Crippen LogP contribution is -2.35. The van der Waals surface area contributed by atoms with Gasteiger partial charge in [0.1, 0.15) is 0 Å². The van der Waals surface area contributed by atoms with Crippen LogP contribution in [-0.2, 0) is 6.42 Å². The number of aromatic nitrogens is 4. The Morgan fingerprint density at radius 3 is 2.69 bits per heavy atom. The van der Waals surface area contributed by atoms with E-state index in [1.165, 1.54) is 10.9 Å². The number of pyridine rings is 2. The van der Waals surface area contributed by atoms with Gasteiger partial charge in [-0.2, -0.15) is 14.5 Å². The second-order valence-electron chi connectivity index (χ2n) is 7.68. The summed E-state index contributed by atoms with van der Waals surface area (Å²) in [5, 5.41) is 9.06. The lowest BCUT2D eigenvalue weighted by atomic mass is 9.90. The average molecular weight is 441 g/mol. The molecule has 0 aliphatic carbocycles. The molecule has 32 heavy (non-hydrogen) atoms. The highest BCUT2D eigenvalue weighted by Crippen LogP contribution is 2.29. The molecule has 3 aromatic heterocycles. The fourth-order valence-corrected chi connectivity index (χ4v) is 3.91. The highest BCUT2D eigenvalue weighted by atomic mass is 19.1. The summed E-state index contributed by atoms with van der Waals surface area (Å²) in [6.45, 7) is 3.53. The monoisotopic (exact) mass is 441 g/mol. The van der Waals surface area contributed by atoms with Gasteiger partial charge in [0.05, 0.1) is 5.69 Å². The van der Waals surface area contributed by atoms with Crippen LogP contribution in [0.3, 0.4) is 0 Å².